The molecule has 1 fully saturated rings. The number of carbonyl (C=O) groups is 1. The Morgan fingerprint density at radius 2 is 2.31 bits per heavy atom. The normalized spacial score (nSPS) is 23.2. The highest BCUT2D eigenvalue weighted by Crippen LogP contribution is 2.44. The Hall–Kier alpha value is -1.75. The molecule has 1 aliphatic carbocycles. The molecular formula is C14H14O2. The summed E-state index contributed by atoms with van der Waals surface area (Å²) in [6.45, 7) is 0. The molecule has 2 atom stereocenters. The van der Waals surface area contributed by atoms with E-state index < -0.39 is 5.97 Å². The second-order valence-corrected chi connectivity index (χ2v) is 4.28. The van der Waals surface area contributed by atoms with Crippen molar-refractivity contribution in [3.8, 4) is 12.3 Å². The summed E-state index contributed by atoms with van der Waals surface area (Å²) in [6, 6.07) is 7.21. The first-order valence-corrected chi connectivity index (χ1v) is 5.49. The second kappa shape index (κ2) is 4.40. The fraction of sp³-hybridized carbons (Fsp3) is 0.357. The molecule has 0 aromatic heterocycles. The van der Waals surface area contributed by atoms with Crippen molar-refractivity contribution >= 4 is 5.97 Å². The third-order valence-electron chi connectivity index (χ3n) is 3.36. The van der Waals surface area contributed by atoms with E-state index in [9.17, 15) is 4.79 Å². The molecule has 1 aromatic carbocycles. The van der Waals surface area contributed by atoms with Crippen LogP contribution in [0.4, 0.5) is 0 Å². The van der Waals surface area contributed by atoms with Gasteiger partial charge in [-0.25, -0.2) is 4.79 Å². The number of carboxylic acids is 1. The zero-order valence-electron chi connectivity index (χ0n) is 9.02. The van der Waals surface area contributed by atoms with Gasteiger partial charge in [0.15, 0.2) is 0 Å². The number of aromatic carboxylic acids is 1. The van der Waals surface area contributed by atoms with Crippen LogP contribution in [-0.2, 0) is 0 Å². The second-order valence-electron chi connectivity index (χ2n) is 4.28. The van der Waals surface area contributed by atoms with Crippen LogP contribution in [0.3, 0.4) is 0 Å². The standard InChI is InChI=1S/C14H14O2/c1-2-4-10-7-8-13(10)11-5-3-6-12(9-11)14(15)16/h1,3,5-6,9-10,13H,4,7-8H2,(H,15,16). The third kappa shape index (κ3) is 1.94. The van der Waals surface area contributed by atoms with Gasteiger partial charge in [0.25, 0.3) is 0 Å². The molecule has 1 saturated carbocycles. The lowest BCUT2D eigenvalue weighted by Gasteiger charge is -2.36. The van der Waals surface area contributed by atoms with Crippen LogP contribution in [-0.4, -0.2) is 11.1 Å². The van der Waals surface area contributed by atoms with Crippen LogP contribution in [0, 0.1) is 18.3 Å². The largest absolute Gasteiger partial charge is 0.478 e. The Labute approximate surface area is 95.3 Å². The van der Waals surface area contributed by atoms with E-state index in [0.29, 0.717) is 17.4 Å². The van der Waals surface area contributed by atoms with Crippen molar-refractivity contribution in [3.63, 3.8) is 0 Å². The zero-order chi connectivity index (χ0) is 11.5. The minimum atomic E-state index is -0.866. The minimum absolute atomic E-state index is 0.365. The van der Waals surface area contributed by atoms with Gasteiger partial charge in [0, 0.05) is 6.42 Å². The Bertz CT molecular complexity index is 442. The molecule has 0 amide bonds. The predicted octanol–water partition coefficient (Wildman–Crippen LogP) is 2.90. The highest BCUT2D eigenvalue weighted by molar-refractivity contribution is 5.87. The van der Waals surface area contributed by atoms with Gasteiger partial charge in [0.05, 0.1) is 5.56 Å². The molecule has 0 radical (unpaired) electrons. The van der Waals surface area contributed by atoms with E-state index in [2.05, 4.69) is 5.92 Å². The first-order valence-electron chi connectivity index (χ1n) is 5.49. The van der Waals surface area contributed by atoms with Crippen molar-refractivity contribution in [2.45, 2.75) is 25.2 Å². The molecule has 0 saturated heterocycles. The van der Waals surface area contributed by atoms with Crippen LogP contribution in [0.2, 0.25) is 0 Å². The topological polar surface area (TPSA) is 37.3 Å². The van der Waals surface area contributed by atoms with Crippen molar-refractivity contribution in [1.29, 1.82) is 0 Å². The van der Waals surface area contributed by atoms with Gasteiger partial charge in [-0.05, 0) is 42.4 Å². The van der Waals surface area contributed by atoms with E-state index in [4.69, 9.17) is 11.5 Å². The highest BCUT2D eigenvalue weighted by Gasteiger charge is 2.31. The van der Waals surface area contributed by atoms with Crippen LogP contribution in [0.15, 0.2) is 24.3 Å². The summed E-state index contributed by atoms with van der Waals surface area (Å²) in [4.78, 5) is 10.9. The Kier molecular flexibility index (Phi) is 2.96. The summed E-state index contributed by atoms with van der Waals surface area (Å²) in [5.41, 5.74) is 1.48. The molecule has 0 aliphatic heterocycles. The van der Waals surface area contributed by atoms with Gasteiger partial charge >= 0.3 is 5.97 Å². The minimum Gasteiger partial charge on any atom is -0.478 e. The molecule has 0 spiro atoms. The highest BCUT2D eigenvalue weighted by atomic mass is 16.4. The van der Waals surface area contributed by atoms with Crippen molar-refractivity contribution in [2.24, 2.45) is 5.92 Å². The van der Waals surface area contributed by atoms with Crippen LogP contribution in [0.5, 0.6) is 0 Å². The van der Waals surface area contributed by atoms with Crippen LogP contribution in [0.25, 0.3) is 0 Å². The van der Waals surface area contributed by atoms with Crippen molar-refractivity contribution in [1.82, 2.24) is 0 Å². The average molecular weight is 214 g/mol. The van der Waals surface area contributed by atoms with Crippen molar-refractivity contribution in [2.75, 3.05) is 0 Å². The fourth-order valence-electron chi connectivity index (χ4n) is 2.31. The molecule has 1 aliphatic rings. The van der Waals surface area contributed by atoms with Crippen molar-refractivity contribution < 1.29 is 9.90 Å². The molecule has 16 heavy (non-hydrogen) atoms. The van der Waals surface area contributed by atoms with E-state index >= 15 is 0 Å². The summed E-state index contributed by atoms with van der Waals surface area (Å²) >= 11 is 0. The lowest BCUT2D eigenvalue weighted by Crippen LogP contribution is -2.23. The molecule has 2 rings (SSSR count). The summed E-state index contributed by atoms with van der Waals surface area (Å²) in [7, 11) is 0. The van der Waals surface area contributed by atoms with E-state index in [1.165, 1.54) is 0 Å². The van der Waals surface area contributed by atoms with Gasteiger partial charge in [-0.3, -0.25) is 0 Å². The Morgan fingerprint density at radius 1 is 1.50 bits per heavy atom. The maximum Gasteiger partial charge on any atom is 0.335 e. The van der Waals surface area contributed by atoms with Gasteiger partial charge in [0.1, 0.15) is 0 Å². The Balaban J connectivity index is 2.18. The maximum atomic E-state index is 10.9. The molecule has 2 unspecified atom stereocenters. The van der Waals surface area contributed by atoms with Gasteiger partial charge in [0.2, 0.25) is 0 Å². The zero-order valence-corrected chi connectivity index (χ0v) is 9.02. The summed E-state index contributed by atoms with van der Waals surface area (Å²) in [5.74, 6) is 2.81. The molecule has 0 bridgehead atoms. The molecular weight excluding hydrogens is 200 g/mol. The summed E-state index contributed by atoms with van der Waals surface area (Å²) in [5, 5.41) is 8.92. The fourth-order valence-corrected chi connectivity index (χ4v) is 2.31. The molecule has 2 heteroatoms. The van der Waals surface area contributed by atoms with E-state index in [1.54, 1.807) is 12.1 Å². The van der Waals surface area contributed by atoms with Gasteiger partial charge in [-0.15, -0.1) is 12.3 Å². The van der Waals surface area contributed by atoms with Crippen molar-refractivity contribution in [3.05, 3.63) is 35.4 Å². The number of rotatable bonds is 3. The lowest BCUT2D eigenvalue weighted by atomic mass is 9.68. The van der Waals surface area contributed by atoms with E-state index in [-0.39, 0.29) is 0 Å². The van der Waals surface area contributed by atoms with Crippen LogP contribution < -0.4 is 0 Å². The monoisotopic (exact) mass is 214 g/mol. The number of hydrogen-bond donors (Lipinski definition) is 1. The lowest BCUT2D eigenvalue weighted by molar-refractivity contribution is 0.0696. The molecule has 0 heterocycles. The predicted molar refractivity (Wildman–Crippen MR) is 62.3 cm³/mol. The molecule has 2 nitrogen and oxygen atoms in total. The smallest absolute Gasteiger partial charge is 0.335 e. The molecule has 1 N–H and O–H groups in total. The van der Waals surface area contributed by atoms with Gasteiger partial charge in [-0.2, -0.15) is 0 Å². The maximum absolute atomic E-state index is 10.9. The first kappa shape index (κ1) is 10.8. The van der Waals surface area contributed by atoms with Crippen LogP contribution >= 0.6 is 0 Å². The number of carboxylic acid groups (broad SMARTS) is 1. The van der Waals surface area contributed by atoms with Crippen LogP contribution in [0.1, 0.15) is 41.1 Å². The first-order chi connectivity index (χ1) is 7.72. The number of benzene rings is 1. The van der Waals surface area contributed by atoms with E-state index in [1.807, 2.05) is 12.1 Å². The average Bonchev–Trinajstić information content (AvgIpc) is 2.25. The Morgan fingerprint density at radius 3 is 2.88 bits per heavy atom. The summed E-state index contributed by atoms with van der Waals surface area (Å²) in [6.07, 6.45) is 8.39. The quantitative estimate of drug-likeness (QED) is 0.785. The third-order valence-corrected chi connectivity index (χ3v) is 3.36. The molecule has 82 valence electrons. The number of terminal acetylenes is 1. The SMILES string of the molecule is C#CCC1CCC1c1cccc(C(=O)O)c1. The van der Waals surface area contributed by atoms with Gasteiger partial charge in [-0.1, -0.05) is 12.1 Å². The van der Waals surface area contributed by atoms with Gasteiger partial charge < -0.3 is 5.11 Å². The molecule has 1 aromatic rings. The van der Waals surface area contributed by atoms with E-state index in [0.717, 1.165) is 24.8 Å². The summed E-state index contributed by atoms with van der Waals surface area (Å²) < 4.78 is 0. The number of hydrogen-bond acceptors (Lipinski definition) is 1.